The van der Waals surface area contributed by atoms with Crippen LogP contribution in [0.1, 0.15) is 43.1 Å². The summed E-state index contributed by atoms with van der Waals surface area (Å²) in [6, 6.07) is 13.5. The summed E-state index contributed by atoms with van der Waals surface area (Å²) < 4.78 is 5.44. The SMILES string of the molecule is CC(C)(C)OC(=O)N1CC=C(c2cc(-c3ccccc3)cc(C(N)=O)c2N)CC1. The Labute approximate surface area is 171 Å². The van der Waals surface area contributed by atoms with Gasteiger partial charge in [-0.1, -0.05) is 36.4 Å². The number of carbonyl (C=O) groups is 2. The minimum absolute atomic E-state index is 0.303. The third-order valence-electron chi connectivity index (χ3n) is 4.76. The first-order valence-electron chi connectivity index (χ1n) is 9.62. The first-order valence-corrected chi connectivity index (χ1v) is 9.62. The van der Waals surface area contributed by atoms with Crippen LogP contribution in [-0.4, -0.2) is 35.6 Å². The van der Waals surface area contributed by atoms with E-state index in [4.69, 9.17) is 16.2 Å². The van der Waals surface area contributed by atoms with Gasteiger partial charge in [0.2, 0.25) is 0 Å². The van der Waals surface area contributed by atoms with Crippen LogP contribution in [0.15, 0.2) is 48.5 Å². The molecule has 0 aliphatic carbocycles. The fourth-order valence-corrected chi connectivity index (χ4v) is 3.33. The summed E-state index contributed by atoms with van der Waals surface area (Å²) in [6.07, 6.45) is 2.23. The van der Waals surface area contributed by atoms with Crippen molar-refractivity contribution in [3.05, 3.63) is 59.7 Å². The Morgan fingerprint density at radius 1 is 1.07 bits per heavy atom. The summed E-state index contributed by atoms with van der Waals surface area (Å²) in [6.45, 7) is 6.47. The molecule has 1 aliphatic rings. The average molecular weight is 393 g/mol. The normalized spacial score (nSPS) is 14.3. The maximum Gasteiger partial charge on any atom is 0.410 e. The van der Waals surface area contributed by atoms with Gasteiger partial charge in [-0.15, -0.1) is 0 Å². The van der Waals surface area contributed by atoms with Crippen molar-refractivity contribution in [2.24, 2.45) is 5.73 Å². The second-order valence-corrected chi connectivity index (χ2v) is 8.12. The molecule has 6 nitrogen and oxygen atoms in total. The van der Waals surface area contributed by atoms with Crippen molar-refractivity contribution < 1.29 is 14.3 Å². The summed E-state index contributed by atoms with van der Waals surface area (Å²) in [5.74, 6) is -0.562. The van der Waals surface area contributed by atoms with Gasteiger partial charge in [0, 0.05) is 18.7 Å². The van der Waals surface area contributed by atoms with E-state index in [9.17, 15) is 9.59 Å². The molecule has 0 bridgehead atoms. The number of anilines is 1. The molecular weight excluding hydrogens is 366 g/mol. The second kappa shape index (κ2) is 7.99. The van der Waals surface area contributed by atoms with Crippen molar-refractivity contribution in [2.75, 3.05) is 18.8 Å². The minimum Gasteiger partial charge on any atom is -0.444 e. The number of hydrogen-bond donors (Lipinski definition) is 2. The minimum atomic E-state index is -0.562. The van der Waals surface area contributed by atoms with Gasteiger partial charge in [0.25, 0.3) is 5.91 Å². The molecular formula is C23H27N3O3. The van der Waals surface area contributed by atoms with Gasteiger partial charge in [-0.2, -0.15) is 0 Å². The number of hydrogen-bond acceptors (Lipinski definition) is 4. The highest BCUT2D eigenvalue weighted by Crippen LogP contribution is 2.34. The average Bonchev–Trinajstić information content (AvgIpc) is 2.67. The van der Waals surface area contributed by atoms with Gasteiger partial charge < -0.3 is 21.1 Å². The number of nitrogens with zero attached hydrogens (tertiary/aromatic N) is 1. The fourth-order valence-electron chi connectivity index (χ4n) is 3.33. The molecule has 0 fully saturated rings. The van der Waals surface area contributed by atoms with Crippen LogP contribution in [-0.2, 0) is 4.74 Å². The van der Waals surface area contributed by atoms with E-state index in [1.807, 2.05) is 63.2 Å². The van der Waals surface area contributed by atoms with E-state index in [2.05, 4.69) is 0 Å². The second-order valence-electron chi connectivity index (χ2n) is 8.12. The van der Waals surface area contributed by atoms with Gasteiger partial charge in [-0.05, 0) is 56.0 Å². The molecule has 2 amide bonds. The largest absolute Gasteiger partial charge is 0.444 e. The molecule has 0 saturated carbocycles. The predicted molar refractivity (Wildman–Crippen MR) is 115 cm³/mol. The molecule has 0 saturated heterocycles. The van der Waals surface area contributed by atoms with E-state index < -0.39 is 11.5 Å². The van der Waals surface area contributed by atoms with E-state index in [0.717, 1.165) is 22.3 Å². The first kappa shape index (κ1) is 20.5. The number of ether oxygens (including phenoxy) is 1. The molecule has 0 atom stereocenters. The number of benzene rings is 2. The van der Waals surface area contributed by atoms with Gasteiger partial charge in [0.15, 0.2) is 0 Å². The quantitative estimate of drug-likeness (QED) is 0.768. The Morgan fingerprint density at radius 2 is 1.76 bits per heavy atom. The molecule has 2 aromatic carbocycles. The Kier molecular flexibility index (Phi) is 5.64. The molecule has 1 aliphatic heterocycles. The lowest BCUT2D eigenvalue weighted by Crippen LogP contribution is -2.39. The topological polar surface area (TPSA) is 98.6 Å². The van der Waals surface area contributed by atoms with Crippen LogP contribution in [0.4, 0.5) is 10.5 Å². The smallest absolute Gasteiger partial charge is 0.410 e. The van der Waals surface area contributed by atoms with Gasteiger partial charge in [0.05, 0.1) is 11.3 Å². The lowest BCUT2D eigenvalue weighted by atomic mass is 9.91. The van der Waals surface area contributed by atoms with Crippen molar-refractivity contribution >= 4 is 23.3 Å². The number of primary amides is 1. The number of nitrogen functional groups attached to an aromatic ring is 1. The highest BCUT2D eigenvalue weighted by atomic mass is 16.6. The van der Waals surface area contributed by atoms with Crippen LogP contribution in [0.2, 0.25) is 0 Å². The molecule has 3 rings (SSSR count). The zero-order valence-corrected chi connectivity index (χ0v) is 17.1. The molecule has 0 spiro atoms. The van der Waals surface area contributed by atoms with E-state index >= 15 is 0 Å². The molecule has 4 N–H and O–H groups in total. The predicted octanol–water partition coefficient (Wildman–Crippen LogP) is 4.06. The number of nitrogens with two attached hydrogens (primary N) is 2. The first-order chi connectivity index (χ1) is 13.7. The lowest BCUT2D eigenvalue weighted by Gasteiger charge is -2.30. The molecule has 0 radical (unpaired) electrons. The Balaban J connectivity index is 1.93. The number of rotatable bonds is 3. The van der Waals surface area contributed by atoms with Crippen LogP contribution in [0, 0.1) is 0 Å². The van der Waals surface area contributed by atoms with E-state index in [1.165, 1.54) is 0 Å². The van der Waals surface area contributed by atoms with Crippen molar-refractivity contribution in [2.45, 2.75) is 32.8 Å². The summed E-state index contributed by atoms with van der Waals surface area (Å²) in [4.78, 5) is 25.9. The molecule has 1 heterocycles. The third-order valence-corrected chi connectivity index (χ3v) is 4.76. The van der Waals surface area contributed by atoms with E-state index in [-0.39, 0.29) is 6.09 Å². The van der Waals surface area contributed by atoms with Gasteiger partial charge in [-0.25, -0.2) is 4.79 Å². The molecule has 152 valence electrons. The Bertz CT molecular complexity index is 959. The van der Waals surface area contributed by atoms with Crippen LogP contribution >= 0.6 is 0 Å². The Hall–Kier alpha value is -3.28. The maximum absolute atomic E-state index is 12.3. The monoisotopic (exact) mass is 393 g/mol. The van der Waals surface area contributed by atoms with Crippen LogP contribution in [0.5, 0.6) is 0 Å². The molecule has 0 unspecified atom stereocenters. The van der Waals surface area contributed by atoms with Gasteiger partial charge >= 0.3 is 6.09 Å². The molecule has 2 aromatic rings. The molecule has 0 aromatic heterocycles. The van der Waals surface area contributed by atoms with E-state index in [0.29, 0.717) is 30.8 Å². The van der Waals surface area contributed by atoms with Crippen molar-refractivity contribution in [3.8, 4) is 11.1 Å². The lowest BCUT2D eigenvalue weighted by molar-refractivity contribution is 0.0270. The van der Waals surface area contributed by atoms with Crippen LogP contribution in [0.3, 0.4) is 0 Å². The van der Waals surface area contributed by atoms with Crippen molar-refractivity contribution in [1.82, 2.24) is 4.90 Å². The highest BCUT2D eigenvalue weighted by Gasteiger charge is 2.25. The number of amides is 2. The van der Waals surface area contributed by atoms with Crippen LogP contribution < -0.4 is 11.5 Å². The highest BCUT2D eigenvalue weighted by molar-refractivity contribution is 6.02. The number of carbonyl (C=O) groups excluding carboxylic acids is 2. The van der Waals surface area contributed by atoms with Gasteiger partial charge in [0.1, 0.15) is 5.60 Å². The van der Waals surface area contributed by atoms with Gasteiger partial charge in [-0.3, -0.25) is 4.79 Å². The summed E-state index contributed by atoms with van der Waals surface area (Å²) in [7, 11) is 0. The standard InChI is InChI=1S/C23H27N3O3/c1-23(2,3)29-22(28)26-11-9-16(10-12-26)18-13-17(15-7-5-4-6-8-15)14-19(20(18)24)21(25)27/h4-9,13-14H,10-12,24H2,1-3H3,(H2,25,27). The zero-order chi connectivity index (χ0) is 21.2. The summed E-state index contributed by atoms with van der Waals surface area (Å²) >= 11 is 0. The summed E-state index contributed by atoms with van der Waals surface area (Å²) in [5, 5.41) is 0. The third kappa shape index (κ3) is 4.77. The van der Waals surface area contributed by atoms with Crippen molar-refractivity contribution in [1.29, 1.82) is 0 Å². The Morgan fingerprint density at radius 3 is 2.31 bits per heavy atom. The zero-order valence-electron chi connectivity index (χ0n) is 17.1. The summed E-state index contributed by atoms with van der Waals surface area (Å²) in [5.41, 5.74) is 15.6. The maximum atomic E-state index is 12.3. The van der Waals surface area contributed by atoms with Crippen LogP contribution in [0.25, 0.3) is 16.7 Å². The molecule has 6 heteroatoms. The fraction of sp³-hybridized carbons (Fsp3) is 0.304. The molecule has 29 heavy (non-hydrogen) atoms. The van der Waals surface area contributed by atoms with E-state index in [1.54, 1.807) is 11.0 Å². The van der Waals surface area contributed by atoms with Crippen molar-refractivity contribution in [3.63, 3.8) is 0 Å².